The van der Waals surface area contributed by atoms with Gasteiger partial charge in [0.2, 0.25) is 0 Å². The number of H-pyrrole nitrogens is 1. The van der Waals surface area contributed by atoms with E-state index in [9.17, 15) is 14.0 Å². The first-order chi connectivity index (χ1) is 14.3. The molecule has 30 heavy (non-hydrogen) atoms. The second-order valence-electron chi connectivity index (χ2n) is 8.22. The number of piperidine rings is 1. The van der Waals surface area contributed by atoms with E-state index < -0.39 is 5.82 Å². The molecule has 1 saturated heterocycles. The number of halogens is 1. The van der Waals surface area contributed by atoms with Crippen LogP contribution >= 0.6 is 0 Å². The zero-order valence-corrected chi connectivity index (χ0v) is 17.5. The molecule has 3 aromatic rings. The number of rotatable bonds is 3. The fourth-order valence-corrected chi connectivity index (χ4v) is 4.20. The maximum absolute atomic E-state index is 13.6. The van der Waals surface area contributed by atoms with Crippen LogP contribution in [0.4, 0.5) is 4.39 Å². The average molecular weight is 407 g/mol. The second kappa shape index (κ2) is 8.03. The number of benzene rings is 2. The molecule has 0 saturated carbocycles. The minimum atomic E-state index is -0.421. The highest BCUT2D eigenvalue weighted by molar-refractivity contribution is 5.95. The van der Waals surface area contributed by atoms with E-state index in [4.69, 9.17) is 0 Å². The van der Waals surface area contributed by atoms with Crippen molar-refractivity contribution in [1.29, 1.82) is 0 Å². The predicted octanol–water partition coefficient (Wildman–Crippen LogP) is 3.81. The summed E-state index contributed by atoms with van der Waals surface area (Å²) >= 11 is 0. The summed E-state index contributed by atoms with van der Waals surface area (Å²) in [6, 6.07) is 12.1. The van der Waals surface area contributed by atoms with Crippen molar-refractivity contribution in [3.8, 4) is 11.3 Å². The maximum atomic E-state index is 13.6. The molecule has 1 aliphatic heterocycles. The first-order valence-corrected chi connectivity index (χ1v) is 10.2. The Morgan fingerprint density at radius 2 is 1.77 bits per heavy atom. The SMILES string of the molecule is Cc1cc(F)cc2c(=O)[nH]c(-c3ccc(C(=O)N(C)C4CCN(C)CC4)cc3)cc12. The summed E-state index contributed by atoms with van der Waals surface area (Å²) in [7, 11) is 3.97. The van der Waals surface area contributed by atoms with Crippen LogP contribution in [0.15, 0.2) is 47.3 Å². The Kier molecular flexibility index (Phi) is 5.43. The van der Waals surface area contributed by atoms with Crippen molar-refractivity contribution in [3.63, 3.8) is 0 Å². The molecule has 4 rings (SSSR count). The Morgan fingerprint density at radius 3 is 2.43 bits per heavy atom. The number of hydrogen-bond acceptors (Lipinski definition) is 3. The minimum Gasteiger partial charge on any atom is -0.339 e. The molecule has 0 atom stereocenters. The van der Waals surface area contributed by atoms with Crippen LogP contribution in [-0.4, -0.2) is 53.9 Å². The third kappa shape index (κ3) is 3.87. The number of aromatic amines is 1. The Balaban J connectivity index is 1.59. The standard InChI is InChI=1S/C24H26FN3O2/c1-15-12-18(25)13-21-20(15)14-22(26-23(21)29)16-4-6-17(7-5-16)24(30)28(3)19-8-10-27(2)11-9-19/h4-7,12-14,19H,8-11H2,1-3H3,(H,26,29). The van der Waals surface area contributed by atoms with Crippen LogP contribution in [-0.2, 0) is 0 Å². The van der Waals surface area contributed by atoms with Crippen LogP contribution in [0.5, 0.6) is 0 Å². The van der Waals surface area contributed by atoms with E-state index in [2.05, 4.69) is 16.9 Å². The van der Waals surface area contributed by atoms with Gasteiger partial charge in [-0.3, -0.25) is 9.59 Å². The van der Waals surface area contributed by atoms with Crippen molar-refractivity contribution in [2.24, 2.45) is 0 Å². The monoisotopic (exact) mass is 407 g/mol. The lowest BCUT2D eigenvalue weighted by atomic mass is 10.0. The van der Waals surface area contributed by atoms with Gasteiger partial charge in [-0.05, 0) is 86.7 Å². The van der Waals surface area contributed by atoms with Gasteiger partial charge in [0.05, 0.1) is 5.39 Å². The summed E-state index contributed by atoms with van der Waals surface area (Å²) in [5.74, 6) is -0.413. The number of nitrogens with zero attached hydrogens (tertiary/aromatic N) is 2. The van der Waals surface area contributed by atoms with E-state index in [-0.39, 0.29) is 17.5 Å². The van der Waals surface area contributed by atoms with Crippen molar-refractivity contribution in [1.82, 2.24) is 14.8 Å². The molecule has 156 valence electrons. The van der Waals surface area contributed by atoms with E-state index in [1.54, 1.807) is 19.1 Å². The smallest absolute Gasteiger partial charge is 0.256 e. The van der Waals surface area contributed by atoms with Crippen molar-refractivity contribution < 1.29 is 9.18 Å². The van der Waals surface area contributed by atoms with Gasteiger partial charge in [-0.25, -0.2) is 4.39 Å². The zero-order chi connectivity index (χ0) is 21.4. The lowest BCUT2D eigenvalue weighted by molar-refractivity contribution is 0.0659. The Labute approximate surface area is 175 Å². The number of amides is 1. The molecule has 0 unspecified atom stereocenters. The average Bonchev–Trinajstić information content (AvgIpc) is 2.74. The van der Waals surface area contributed by atoms with Gasteiger partial charge in [0.25, 0.3) is 11.5 Å². The Hall–Kier alpha value is -2.99. The maximum Gasteiger partial charge on any atom is 0.256 e. The molecule has 2 heterocycles. The van der Waals surface area contributed by atoms with Gasteiger partial charge in [0, 0.05) is 24.3 Å². The van der Waals surface area contributed by atoms with E-state index in [0.717, 1.165) is 36.9 Å². The quantitative estimate of drug-likeness (QED) is 0.718. The molecule has 1 amide bonds. The van der Waals surface area contributed by atoms with Gasteiger partial charge < -0.3 is 14.8 Å². The highest BCUT2D eigenvalue weighted by Crippen LogP contribution is 2.24. The number of hydrogen-bond donors (Lipinski definition) is 1. The first kappa shape index (κ1) is 20.3. The Morgan fingerprint density at radius 1 is 1.10 bits per heavy atom. The molecular formula is C24H26FN3O2. The predicted molar refractivity (Wildman–Crippen MR) is 117 cm³/mol. The van der Waals surface area contributed by atoms with Crippen LogP contribution < -0.4 is 5.56 Å². The van der Waals surface area contributed by atoms with E-state index in [1.807, 2.05) is 30.1 Å². The number of aryl methyl sites for hydroxylation is 1. The molecule has 1 aliphatic rings. The van der Waals surface area contributed by atoms with Crippen LogP contribution in [0.25, 0.3) is 22.0 Å². The second-order valence-corrected chi connectivity index (χ2v) is 8.22. The van der Waals surface area contributed by atoms with Gasteiger partial charge in [-0.2, -0.15) is 0 Å². The normalized spacial score (nSPS) is 15.5. The summed E-state index contributed by atoms with van der Waals surface area (Å²) < 4.78 is 13.6. The number of pyridine rings is 1. The first-order valence-electron chi connectivity index (χ1n) is 10.2. The molecule has 0 aliphatic carbocycles. The molecule has 6 heteroatoms. The largest absolute Gasteiger partial charge is 0.339 e. The zero-order valence-electron chi connectivity index (χ0n) is 17.5. The number of fused-ring (bicyclic) bond motifs is 1. The minimum absolute atomic E-state index is 0.00873. The summed E-state index contributed by atoms with van der Waals surface area (Å²) in [5.41, 5.74) is 2.46. The molecule has 1 N–H and O–H groups in total. The Bertz CT molecular complexity index is 1150. The van der Waals surface area contributed by atoms with Crippen molar-refractivity contribution in [2.45, 2.75) is 25.8 Å². The molecule has 0 bridgehead atoms. The highest BCUT2D eigenvalue weighted by atomic mass is 19.1. The summed E-state index contributed by atoms with van der Waals surface area (Å²) in [4.78, 5) is 32.3. The molecule has 1 fully saturated rings. The third-order valence-corrected chi connectivity index (χ3v) is 6.13. The van der Waals surface area contributed by atoms with E-state index >= 15 is 0 Å². The summed E-state index contributed by atoms with van der Waals surface area (Å²) in [6.45, 7) is 3.79. The van der Waals surface area contributed by atoms with Gasteiger partial charge in [-0.15, -0.1) is 0 Å². The topological polar surface area (TPSA) is 56.4 Å². The summed E-state index contributed by atoms with van der Waals surface area (Å²) in [5, 5.41) is 1.06. The lowest BCUT2D eigenvalue weighted by Gasteiger charge is -2.35. The molecule has 0 spiro atoms. The summed E-state index contributed by atoms with van der Waals surface area (Å²) in [6.07, 6.45) is 1.96. The number of aromatic nitrogens is 1. The molecule has 2 aromatic carbocycles. The van der Waals surface area contributed by atoms with Crippen LogP contribution in [0.1, 0.15) is 28.8 Å². The van der Waals surface area contributed by atoms with E-state index in [0.29, 0.717) is 22.2 Å². The lowest BCUT2D eigenvalue weighted by Crippen LogP contribution is -2.44. The molecule has 5 nitrogen and oxygen atoms in total. The number of carbonyl (C=O) groups is 1. The van der Waals surface area contributed by atoms with Crippen LogP contribution in [0.2, 0.25) is 0 Å². The van der Waals surface area contributed by atoms with Crippen molar-refractivity contribution in [3.05, 3.63) is 69.8 Å². The van der Waals surface area contributed by atoms with Gasteiger partial charge in [0.1, 0.15) is 5.82 Å². The number of carbonyl (C=O) groups excluding carboxylic acids is 1. The van der Waals surface area contributed by atoms with Gasteiger partial charge >= 0.3 is 0 Å². The number of likely N-dealkylation sites (tertiary alicyclic amines) is 1. The van der Waals surface area contributed by atoms with Crippen LogP contribution in [0.3, 0.4) is 0 Å². The fraction of sp³-hybridized carbons (Fsp3) is 0.333. The molecule has 1 aromatic heterocycles. The number of nitrogens with one attached hydrogen (secondary N) is 1. The van der Waals surface area contributed by atoms with Gasteiger partial charge in [-0.1, -0.05) is 12.1 Å². The molecule has 0 radical (unpaired) electrons. The third-order valence-electron chi connectivity index (χ3n) is 6.13. The fourth-order valence-electron chi connectivity index (χ4n) is 4.20. The van der Waals surface area contributed by atoms with Crippen LogP contribution in [0, 0.1) is 12.7 Å². The van der Waals surface area contributed by atoms with Gasteiger partial charge in [0.15, 0.2) is 0 Å². The van der Waals surface area contributed by atoms with E-state index in [1.165, 1.54) is 12.1 Å². The van der Waals surface area contributed by atoms with Crippen molar-refractivity contribution >= 4 is 16.7 Å². The highest BCUT2D eigenvalue weighted by Gasteiger charge is 2.24. The van der Waals surface area contributed by atoms with Crippen molar-refractivity contribution in [2.75, 3.05) is 27.2 Å². The molecular weight excluding hydrogens is 381 g/mol.